The standard InChI is InChI=1S/C22H22ClN5O3S/c1-4-28-20-19(14(3)26-28)25-22(27(21(20)30)11-15-7-6-10-31-15)32-12-18(29)24-17-9-5-8-16(23)13(17)2/h5-10H,4,11-12H2,1-3H3,(H,24,29). The number of hydrogen-bond acceptors (Lipinski definition) is 6. The van der Waals surface area contributed by atoms with Crippen molar-refractivity contribution in [1.82, 2.24) is 19.3 Å². The van der Waals surface area contributed by atoms with Crippen LogP contribution in [0.3, 0.4) is 0 Å². The van der Waals surface area contributed by atoms with Gasteiger partial charge in [0, 0.05) is 17.3 Å². The van der Waals surface area contributed by atoms with Gasteiger partial charge in [0.05, 0.1) is 24.3 Å². The van der Waals surface area contributed by atoms with Crippen molar-refractivity contribution in [2.24, 2.45) is 0 Å². The molecule has 4 aromatic rings. The van der Waals surface area contributed by atoms with Crippen LogP contribution < -0.4 is 10.9 Å². The van der Waals surface area contributed by atoms with E-state index in [1.165, 1.54) is 16.3 Å². The third-order valence-corrected chi connectivity index (χ3v) is 6.44. The van der Waals surface area contributed by atoms with E-state index in [1.807, 2.05) is 20.8 Å². The van der Waals surface area contributed by atoms with Crippen LogP contribution in [0.1, 0.15) is 23.9 Å². The van der Waals surface area contributed by atoms with Crippen LogP contribution in [0.5, 0.6) is 0 Å². The third kappa shape index (κ3) is 4.31. The van der Waals surface area contributed by atoms with E-state index >= 15 is 0 Å². The number of halogens is 1. The number of amides is 1. The lowest BCUT2D eigenvalue weighted by molar-refractivity contribution is -0.113. The molecule has 0 saturated heterocycles. The van der Waals surface area contributed by atoms with Crippen LogP contribution in [-0.4, -0.2) is 31.0 Å². The molecular weight excluding hydrogens is 450 g/mol. The van der Waals surface area contributed by atoms with Gasteiger partial charge in [-0.05, 0) is 50.6 Å². The molecule has 166 valence electrons. The second-order valence-electron chi connectivity index (χ2n) is 7.21. The van der Waals surface area contributed by atoms with Gasteiger partial charge in [0.25, 0.3) is 5.56 Å². The fraction of sp³-hybridized carbons (Fsp3) is 0.273. The summed E-state index contributed by atoms with van der Waals surface area (Å²) < 4.78 is 8.62. The highest BCUT2D eigenvalue weighted by Crippen LogP contribution is 2.24. The van der Waals surface area contributed by atoms with Gasteiger partial charge in [-0.25, -0.2) is 4.98 Å². The Hall–Kier alpha value is -3.04. The molecule has 10 heteroatoms. The Balaban J connectivity index is 1.66. The zero-order valence-electron chi connectivity index (χ0n) is 17.9. The molecule has 0 aliphatic heterocycles. The van der Waals surface area contributed by atoms with Gasteiger partial charge in [-0.3, -0.25) is 18.8 Å². The first-order valence-corrected chi connectivity index (χ1v) is 11.4. The van der Waals surface area contributed by atoms with E-state index < -0.39 is 0 Å². The van der Waals surface area contributed by atoms with Crippen molar-refractivity contribution < 1.29 is 9.21 Å². The third-order valence-electron chi connectivity index (χ3n) is 5.05. The van der Waals surface area contributed by atoms with Crippen molar-refractivity contribution >= 4 is 46.0 Å². The van der Waals surface area contributed by atoms with E-state index in [0.29, 0.717) is 44.9 Å². The van der Waals surface area contributed by atoms with Gasteiger partial charge in [-0.15, -0.1) is 0 Å². The molecule has 32 heavy (non-hydrogen) atoms. The van der Waals surface area contributed by atoms with Crippen molar-refractivity contribution in [1.29, 1.82) is 0 Å². The molecule has 0 saturated carbocycles. The molecule has 1 N–H and O–H groups in total. The molecule has 3 aromatic heterocycles. The largest absolute Gasteiger partial charge is 0.467 e. The van der Waals surface area contributed by atoms with E-state index in [2.05, 4.69) is 10.4 Å². The number of aromatic nitrogens is 4. The van der Waals surface area contributed by atoms with Gasteiger partial charge in [0.1, 0.15) is 11.3 Å². The van der Waals surface area contributed by atoms with Crippen LogP contribution in [0.25, 0.3) is 11.0 Å². The summed E-state index contributed by atoms with van der Waals surface area (Å²) in [6.45, 7) is 6.35. The number of thioether (sulfide) groups is 1. The average Bonchev–Trinajstić information content (AvgIpc) is 3.40. The maximum atomic E-state index is 13.4. The summed E-state index contributed by atoms with van der Waals surface area (Å²) in [4.78, 5) is 30.7. The summed E-state index contributed by atoms with van der Waals surface area (Å²) in [6, 6.07) is 8.90. The predicted molar refractivity (Wildman–Crippen MR) is 126 cm³/mol. The van der Waals surface area contributed by atoms with E-state index in [9.17, 15) is 9.59 Å². The Morgan fingerprint density at radius 1 is 1.25 bits per heavy atom. The van der Waals surface area contributed by atoms with Gasteiger partial charge >= 0.3 is 0 Å². The minimum atomic E-state index is -0.222. The number of hydrogen-bond donors (Lipinski definition) is 1. The van der Waals surface area contributed by atoms with E-state index in [0.717, 1.165) is 5.56 Å². The minimum Gasteiger partial charge on any atom is -0.467 e. The summed E-state index contributed by atoms with van der Waals surface area (Å²) in [5, 5.41) is 8.31. The topological polar surface area (TPSA) is 95.0 Å². The molecular formula is C22H22ClN5O3S. The number of benzene rings is 1. The summed E-state index contributed by atoms with van der Waals surface area (Å²) in [5.74, 6) is 0.469. The fourth-order valence-electron chi connectivity index (χ4n) is 3.38. The molecule has 0 bridgehead atoms. The van der Waals surface area contributed by atoms with Gasteiger partial charge in [0.2, 0.25) is 5.91 Å². The maximum absolute atomic E-state index is 13.4. The van der Waals surface area contributed by atoms with Gasteiger partial charge in [0.15, 0.2) is 10.7 Å². The number of furan rings is 1. The van der Waals surface area contributed by atoms with Crippen LogP contribution in [-0.2, 0) is 17.9 Å². The van der Waals surface area contributed by atoms with E-state index in [4.69, 9.17) is 21.0 Å². The highest BCUT2D eigenvalue weighted by molar-refractivity contribution is 7.99. The Bertz CT molecular complexity index is 1340. The van der Waals surface area contributed by atoms with E-state index in [-0.39, 0.29) is 23.8 Å². The molecule has 1 aromatic carbocycles. The molecule has 8 nitrogen and oxygen atoms in total. The molecule has 0 aliphatic rings. The van der Waals surface area contributed by atoms with Crippen LogP contribution in [0, 0.1) is 13.8 Å². The van der Waals surface area contributed by atoms with Gasteiger partial charge < -0.3 is 9.73 Å². The zero-order valence-corrected chi connectivity index (χ0v) is 19.5. The summed E-state index contributed by atoms with van der Waals surface area (Å²) in [7, 11) is 0. The normalized spacial score (nSPS) is 11.2. The number of nitrogens with one attached hydrogen (secondary N) is 1. The number of fused-ring (bicyclic) bond motifs is 1. The zero-order chi connectivity index (χ0) is 22.8. The van der Waals surface area contributed by atoms with Crippen molar-refractivity contribution in [3.05, 3.63) is 69.0 Å². The van der Waals surface area contributed by atoms with E-state index in [1.54, 1.807) is 41.3 Å². The lowest BCUT2D eigenvalue weighted by Crippen LogP contribution is -2.26. The Labute approximate surface area is 193 Å². The number of carbonyl (C=O) groups excluding carboxylic acids is 1. The average molecular weight is 472 g/mol. The highest BCUT2D eigenvalue weighted by atomic mass is 35.5. The molecule has 1 amide bonds. The quantitative estimate of drug-likeness (QED) is 0.319. The molecule has 4 rings (SSSR count). The molecule has 0 unspecified atom stereocenters. The Morgan fingerprint density at radius 2 is 2.06 bits per heavy atom. The highest BCUT2D eigenvalue weighted by Gasteiger charge is 2.20. The van der Waals surface area contributed by atoms with Crippen molar-refractivity contribution in [2.45, 2.75) is 39.0 Å². The van der Waals surface area contributed by atoms with Crippen molar-refractivity contribution in [3.63, 3.8) is 0 Å². The molecule has 0 aliphatic carbocycles. The number of carbonyl (C=O) groups is 1. The molecule has 0 atom stereocenters. The number of nitrogens with zero attached hydrogens (tertiary/aromatic N) is 4. The summed E-state index contributed by atoms with van der Waals surface area (Å²) in [6.07, 6.45) is 1.56. The number of aryl methyl sites for hydroxylation is 2. The van der Waals surface area contributed by atoms with Crippen molar-refractivity contribution in [3.8, 4) is 0 Å². The molecule has 0 spiro atoms. The molecule has 0 fully saturated rings. The smallest absolute Gasteiger partial charge is 0.280 e. The second kappa shape index (κ2) is 9.22. The number of rotatable bonds is 7. The lowest BCUT2D eigenvalue weighted by atomic mass is 10.2. The minimum absolute atomic E-state index is 0.0724. The maximum Gasteiger partial charge on any atom is 0.280 e. The lowest BCUT2D eigenvalue weighted by Gasteiger charge is -2.12. The van der Waals surface area contributed by atoms with Gasteiger partial charge in [-0.1, -0.05) is 29.4 Å². The first-order valence-electron chi connectivity index (χ1n) is 10.1. The Morgan fingerprint density at radius 3 is 2.78 bits per heavy atom. The second-order valence-corrected chi connectivity index (χ2v) is 8.56. The predicted octanol–water partition coefficient (Wildman–Crippen LogP) is 4.26. The van der Waals surface area contributed by atoms with Crippen LogP contribution in [0.4, 0.5) is 5.69 Å². The molecule has 0 radical (unpaired) electrons. The summed E-state index contributed by atoms with van der Waals surface area (Å²) in [5.41, 5.74) is 2.89. The van der Waals surface area contributed by atoms with Crippen LogP contribution >= 0.6 is 23.4 Å². The Kier molecular flexibility index (Phi) is 6.38. The molecule has 3 heterocycles. The van der Waals surface area contributed by atoms with Gasteiger partial charge in [-0.2, -0.15) is 5.10 Å². The van der Waals surface area contributed by atoms with Crippen LogP contribution in [0.2, 0.25) is 5.02 Å². The SMILES string of the molecule is CCn1nc(C)c2nc(SCC(=O)Nc3cccc(Cl)c3C)n(Cc3ccco3)c(=O)c21. The van der Waals surface area contributed by atoms with Crippen molar-refractivity contribution in [2.75, 3.05) is 11.1 Å². The monoisotopic (exact) mass is 471 g/mol. The number of anilines is 1. The first-order chi connectivity index (χ1) is 15.4. The van der Waals surface area contributed by atoms with Crippen LogP contribution in [0.15, 0.2) is 51.0 Å². The summed E-state index contributed by atoms with van der Waals surface area (Å²) >= 11 is 7.33. The first kappa shape index (κ1) is 22.2. The fourth-order valence-corrected chi connectivity index (χ4v) is 4.35.